The van der Waals surface area contributed by atoms with Gasteiger partial charge in [0.05, 0.1) is 25.5 Å². The Morgan fingerprint density at radius 2 is 2.00 bits per heavy atom. The van der Waals surface area contributed by atoms with Gasteiger partial charge in [0.15, 0.2) is 0 Å². The number of β-amino-alcohol motifs (C(OH)–C–C–N with tert-alkyl or cyclic N) is 1. The Morgan fingerprint density at radius 1 is 1.23 bits per heavy atom. The molecule has 1 aliphatic heterocycles. The first-order chi connectivity index (χ1) is 10.8. The molecule has 118 valence electrons. The number of hydrogen-bond donors (Lipinski definition) is 2. The van der Waals surface area contributed by atoms with Crippen LogP contribution in [0.4, 0.5) is 0 Å². The molecule has 0 aliphatic carbocycles. The normalized spacial score (nSPS) is 18.2. The molecular weight excluding hydrogens is 282 g/mol. The summed E-state index contributed by atoms with van der Waals surface area (Å²) < 4.78 is 7.33. The van der Waals surface area contributed by atoms with E-state index in [1.54, 1.807) is 0 Å². The van der Waals surface area contributed by atoms with Gasteiger partial charge in [0.2, 0.25) is 0 Å². The molecule has 2 aromatic rings. The first kappa shape index (κ1) is 15.0. The molecule has 2 N–H and O–H groups in total. The highest BCUT2D eigenvalue weighted by Crippen LogP contribution is 2.20. The summed E-state index contributed by atoms with van der Waals surface area (Å²) in [5, 5.41) is 23.3. The minimum atomic E-state index is -0.451. The Labute approximate surface area is 129 Å². The van der Waals surface area contributed by atoms with Crippen LogP contribution in [0, 0.1) is 0 Å². The molecule has 22 heavy (non-hydrogen) atoms. The van der Waals surface area contributed by atoms with E-state index in [2.05, 4.69) is 10.1 Å². The van der Waals surface area contributed by atoms with Gasteiger partial charge in [0, 0.05) is 48.8 Å². The average Bonchev–Trinajstić information content (AvgIpc) is 2.87. The van der Waals surface area contributed by atoms with Crippen LogP contribution in [0.15, 0.2) is 35.6 Å². The second-order valence-electron chi connectivity index (χ2n) is 5.57. The lowest BCUT2D eigenvalue weighted by atomic mass is 10.2. The standard InChI is InChI=1S/C16H21N3O3/c20-14(11-18-5-7-22-8-6-18)12-19-10-13(9-17-21)15-3-1-2-4-16(15)19/h1-4,9-10,14,20-21H,5-8,11-12H2/b17-9+. The molecular formula is C16H21N3O3. The number of hydrogen-bond acceptors (Lipinski definition) is 5. The number of morpholine rings is 1. The van der Waals surface area contributed by atoms with E-state index in [4.69, 9.17) is 9.94 Å². The van der Waals surface area contributed by atoms with Crippen molar-refractivity contribution in [3.8, 4) is 0 Å². The van der Waals surface area contributed by atoms with E-state index in [9.17, 15) is 5.11 Å². The molecule has 0 radical (unpaired) electrons. The maximum Gasteiger partial charge on any atom is 0.0845 e. The smallest absolute Gasteiger partial charge is 0.0845 e. The van der Waals surface area contributed by atoms with Crippen LogP contribution in [-0.4, -0.2) is 64.9 Å². The van der Waals surface area contributed by atoms with Gasteiger partial charge in [-0.3, -0.25) is 4.90 Å². The molecule has 1 unspecified atom stereocenters. The fraction of sp³-hybridized carbons (Fsp3) is 0.438. The molecule has 0 amide bonds. The van der Waals surface area contributed by atoms with Crippen LogP contribution < -0.4 is 0 Å². The number of oxime groups is 1. The minimum absolute atomic E-state index is 0.451. The topological polar surface area (TPSA) is 70.2 Å². The van der Waals surface area contributed by atoms with Crippen LogP contribution in [0.3, 0.4) is 0 Å². The van der Waals surface area contributed by atoms with E-state index in [1.165, 1.54) is 6.21 Å². The van der Waals surface area contributed by atoms with Crippen LogP contribution in [0.5, 0.6) is 0 Å². The van der Waals surface area contributed by atoms with Crippen LogP contribution in [0.25, 0.3) is 10.9 Å². The molecule has 1 atom stereocenters. The predicted molar refractivity (Wildman–Crippen MR) is 84.6 cm³/mol. The molecule has 0 saturated carbocycles. The van der Waals surface area contributed by atoms with E-state index < -0.39 is 6.10 Å². The monoisotopic (exact) mass is 303 g/mol. The number of nitrogens with zero attached hydrogens (tertiary/aromatic N) is 3. The van der Waals surface area contributed by atoms with Gasteiger partial charge in [-0.05, 0) is 6.07 Å². The van der Waals surface area contributed by atoms with Gasteiger partial charge in [-0.15, -0.1) is 0 Å². The van der Waals surface area contributed by atoms with Crippen LogP contribution in [0.1, 0.15) is 5.56 Å². The molecule has 2 heterocycles. The van der Waals surface area contributed by atoms with Gasteiger partial charge in [-0.1, -0.05) is 23.4 Å². The predicted octanol–water partition coefficient (Wildman–Crippen LogP) is 1.14. The third kappa shape index (κ3) is 3.30. The zero-order chi connectivity index (χ0) is 15.4. The van der Waals surface area contributed by atoms with Crippen molar-refractivity contribution in [2.24, 2.45) is 5.16 Å². The van der Waals surface area contributed by atoms with Crippen molar-refractivity contribution in [2.45, 2.75) is 12.6 Å². The molecule has 0 bridgehead atoms. The van der Waals surface area contributed by atoms with E-state index in [0.717, 1.165) is 42.8 Å². The number of rotatable bonds is 5. The quantitative estimate of drug-likeness (QED) is 0.494. The summed E-state index contributed by atoms with van der Waals surface area (Å²) >= 11 is 0. The van der Waals surface area contributed by atoms with Crippen molar-refractivity contribution in [3.05, 3.63) is 36.0 Å². The maximum absolute atomic E-state index is 10.4. The summed E-state index contributed by atoms with van der Waals surface area (Å²) in [5.74, 6) is 0. The molecule has 1 aromatic heterocycles. The lowest BCUT2D eigenvalue weighted by molar-refractivity contribution is 0.0117. The number of aromatic nitrogens is 1. The molecule has 1 fully saturated rings. The molecule has 3 rings (SSSR count). The lowest BCUT2D eigenvalue weighted by Gasteiger charge is -2.28. The molecule has 6 heteroatoms. The minimum Gasteiger partial charge on any atom is -0.411 e. The summed E-state index contributed by atoms with van der Waals surface area (Å²) in [6.45, 7) is 4.35. The van der Waals surface area contributed by atoms with Crippen molar-refractivity contribution in [1.82, 2.24) is 9.47 Å². The van der Waals surface area contributed by atoms with Gasteiger partial charge in [-0.2, -0.15) is 0 Å². The SMILES string of the molecule is O/N=C/c1cn(CC(O)CN2CCOCC2)c2ccccc12. The summed E-state index contributed by atoms with van der Waals surface area (Å²) in [6.07, 6.45) is 2.88. The van der Waals surface area contributed by atoms with Crippen LogP contribution in [0.2, 0.25) is 0 Å². The molecule has 1 saturated heterocycles. The summed E-state index contributed by atoms with van der Waals surface area (Å²) in [7, 11) is 0. The third-order valence-corrected chi connectivity index (χ3v) is 4.00. The first-order valence-corrected chi connectivity index (χ1v) is 7.51. The van der Waals surface area contributed by atoms with Crippen molar-refractivity contribution in [2.75, 3.05) is 32.8 Å². The molecule has 0 spiro atoms. The van der Waals surface area contributed by atoms with Crippen LogP contribution in [-0.2, 0) is 11.3 Å². The maximum atomic E-state index is 10.4. The highest BCUT2D eigenvalue weighted by atomic mass is 16.5. The number of aliphatic hydroxyl groups excluding tert-OH is 1. The molecule has 6 nitrogen and oxygen atoms in total. The van der Waals surface area contributed by atoms with Gasteiger partial charge < -0.3 is 19.6 Å². The van der Waals surface area contributed by atoms with Crippen LogP contribution >= 0.6 is 0 Å². The lowest BCUT2D eigenvalue weighted by Crippen LogP contribution is -2.41. The molecule has 1 aromatic carbocycles. The van der Waals surface area contributed by atoms with Crippen molar-refractivity contribution < 1.29 is 15.1 Å². The second-order valence-corrected chi connectivity index (χ2v) is 5.57. The molecule has 1 aliphatic rings. The Bertz CT molecular complexity index is 647. The third-order valence-electron chi connectivity index (χ3n) is 4.00. The van der Waals surface area contributed by atoms with Crippen molar-refractivity contribution in [3.63, 3.8) is 0 Å². The highest BCUT2D eigenvalue weighted by molar-refractivity contribution is 5.99. The fourth-order valence-corrected chi connectivity index (χ4v) is 2.96. The Kier molecular flexibility index (Phi) is 4.72. The Hall–Kier alpha value is -1.89. The summed E-state index contributed by atoms with van der Waals surface area (Å²) in [5.41, 5.74) is 1.87. The largest absolute Gasteiger partial charge is 0.411 e. The zero-order valence-corrected chi connectivity index (χ0v) is 12.4. The Morgan fingerprint density at radius 3 is 2.77 bits per heavy atom. The van der Waals surface area contributed by atoms with Gasteiger partial charge in [-0.25, -0.2) is 0 Å². The number of fused-ring (bicyclic) bond motifs is 1. The fourth-order valence-electron chi connectivity index (χ4n) is 2.96. The van der Waals surface area contributed by atoms with Gasteiger partial charge in [0.25, 0.3) is 0 Å². The van der Waals surface area contributed by atoms with Crippen molar-refractivity contribution in [1.29, 1.82) is 0 Å². The zero-order valence-electron chi connectivity index (χ0n) is 12.4. The first-order valence-electron chi connectivity index (χ1n) is 7.51. The van der Waals surface area contributed by atoms with E-state index in [-0.39, 0.29) is 0 Å². The van der Waals surface area contributed by atoms with Gasteiger partial charge in [0.1, 0.15) is 0 Å². The van der Waals surface area contributed by atoms with Gasteiger partial charge >= 0.3 is 0 Å². The van der Waals surface area contributed by atoms with Crippen molar-refractivity contribution >= 4 is 17.1 Å². The summed E-state index contributed by atoms with van der Waals surface area (Å²) in [4.78, 5) is 2.22. The number of benzene rings is 1. The highest BCUT2D eigenvalue weighted by Gasteiger charge is 2.16. The number of para-hydroxylation sites is 1. The number of aliphatic hydroxyl groups is 1. The van der Waals surface area contributed by atoms with E-state index >= 15 is 0 Å². The summed E-state index contributed by atoms with van der Waals surface area (Å²) in [6, 6.07) is 7.90. The second kappa shape index (κ2) is 6.91. The van der Waals surface area contributed by atoms with E-state index in [0.29, 0.717) is 13.1 Å². The van der Waals surface area contributed by atoms with E-state index in [1.807, 2.05) is 35.0 Å². The number of ether oxygens (including phenoxy) is 1. The average molecular weight is 303 g/mol. The Balaban J connectivity index is 1.75.